The SMILES string of the molecule is Cn1cc(-c2ccc(C3(C(=O)O)CC3)cc2)cn1. The first-order chi connectivity index (χ1) is 8.62. The number of carboxylic acid groups (broad SMARTS) is 1. The third-order valence-electron chi connectivity index (χ3n) is 3.64. The lowest BCUT2D eigenvalue weighted by atomic mass is 9.94. The summed E-state index contributed by atoms with van der Waals surface area (Å²) in [5.74, 6) is -0.711. The van der Waals surface area contributed by atoms with Crippen molar-refractivity contribution in [2.45, 2.75) is 18.3 Å². The number of aryl methyl sites for hydroxylation is 1. The molecule has 92 valence electrons. The molecule has 1 fully saturated rings. The number of hydrogen-bond acceptors (Lipinski definition) is 2. The van der Waals surface area contributed by atoms with E-state index in [4.69, 9.17) is 0 Å². The molecule has 1 aromatic heterocycles. The van der Waals surface area contributed by atoms with E-state index in [-0.39, 0.29) is 0 Å². The van der Waals surface area contributed by atoms with E-state index >= 15 is 0 Å². The summed E-state index contributed by atoms with van der Waals surface area (Å²) < 4.78 is 1.75. The Kier molecular flexibility index (Phi) is 2.26. The van der Waals surface area contributed by atoms with E-state index in [9.17, 15) is 9.90 Å². The molecule has 4 heteroatoms. The van der Waals surface area contributed by atoms with Crippen molar-refractivity contribution in [3.05, 3.63) is 42.2 Å². The van der Waals surface area contributed by atoms with E-state index in [0.717, 1.165) is 29.5 Å². The molecule has 0 aliphatic heterocycles. The van der Waals surface area contributed by atoms with Crippen LogP contribution in [0.3, 0.4) is 0 Å². The molecular weight excluding hydrogens is 228 g/mol. The second kappa shape index (κ2) is 3.70. The minimum absolute atomic E-state index is 0.618. The normalized spacial score (nSPS) is 16.5. The first-order valence-corrected chi connectivity index (χ1v) is 5.95. The molecule has 0 bridgehead atoms. The van der Waals surface area contributed by atoms with Crippen molar-refractivity contribution in [2.75, 3.05) is 0 Å². The fourth-order valence-corrected chi connectivity index (χ4v) is 2.30. The van der Waals surface area contributed by atoms with Gasteiger partial charge in [-0.2, -0.15) is 5.10 Å². The van der Waals surface area contributed by atoms with E-state index in [2.05, 4.69) is 5.10 Å². The Morgan fingerprint density at radius 3 is 2.39 bits per heavy atom. The van der Waals surface area contributed by atoms with Crippen LogP contribution in [-0.4, -0.2) is 20.9 Å². The maximum atomic E-state index is 11.2. The Balaban J connectivity index is 1.92. The molecule has 3 rings (SSSR count). The quantitative estimate of drug-likeness (QED) is 0.897. The summed E-state index contributed by atoms with van der Waals surface area (Å²) in [6.07, 6.45) is 5.24. The van der Waals surface area contributed by atoms with Crippen molar-refractivity contribution in [3.63, 3.8) is 0 Å². The monoisotopic (exact) mass is 242 g/mol. The second-order valence-corrected chi connectivity index (χ2v) is 4.87. The molecule has 1 saturated carbocycles. The van der Waals surface area contributed by atoms with Crippen molar-refractivity contribution in [3.8, 4) is 11.1 Å². The van der Waals surface area contributed by atoms with Gasteiger partial charge in [0, 0.05) is 18.8 Å². The Morgan fingerprint density at radius 2 is 1.94 bits per heavy atom. The van der Waals surface area contributed by atoms with Crippen LogP contribution in [0.25, 0.3) is 11.1 Å². The zero-order valence-electron chi connectivity index (χ0n) is 10.1. The maximum absolute atomic E-state index is 11.2. The zero-order chi connectivity index (χ0) is 12.8. The lowest BCUT2D eigenvalue weighted by Crippen LogP contribution is -2.19. The molecule has 0 atom stereocenters. The Morgan fingerprint density at radius 1 is 1.28 bits per heavy atom. The lowest BCUT2D eigenvalue weighted by Gasteiger charge is -2.10. The smallest absolute Gasteiger partial charge is 0.314 e. The Hall–Kier alpha value is -2.10. The summed E-state index contributed by atoms with van der Waals surface area (Å²) in [4.78, 5) is 11.2. The van der Waals surface area contributed by atoms with E-state index < -0.39 is 11.4 Å². The van der Waals surface area contributed by atoms with Crippen molar-refractivity contribution in [1.82, 2.24) is 9.78 Å². The lowest BCUT2D eigenvalue weighted by molar-refractivity contribution is -0.140. The standard InChI is InChI=1S/C14H14N2O2/c1-16-9-11(8-15-16)10-2-4-12(5-3-10)14(6-7-14)13(17)18/h2-5,8-9H,6-7H2,1H3,(H,17,18). The van der Waals surface area contributed by atoms with Gasteiger partial charge in [0.25, 0.3) is 0 Å². The van der Waals surface area contributed by atoms with Crippen molar-refractivity contribution >= 4 is 5.97 Å². The van der Waals surface area contributed by atoms with Gasteiger partial charge in [0.1, 0.15) is 0 Å². The minimum Gasteiger partial charge on any atom is -0.481 e. The van der Waals surface area contributed by atoms with Gasteiger partial charge in [-0.25, -0.2) is 0 Å². The first kappa shape index (κ1) is 11.0. The van der Waals surface area contributed by atoms with Gasteiger partial charge in [-0.05, 0) is 24.0 Å². The van der Waals surface area contributed by atoms with Crippen molar-refractivity contribution in [2.24, 2.45) is 7.05 Å². The maximum Gasteiger partial charge on any atom is 0.314 e. The van der Waals surface area contributed by atoms with Gasteiger partial charge >= 0.3 is 5.97 Å². The van der Waals surface area contributed by atoms with Crippen LogP contribution in [0.5, 0.6) is 0 Å². The first-order valence-electron chi connectivity index (χ1n) is 5.95. The highest BCUT2D eigenvalue weighted by molar-refractivity contribution is 5.85. The summed E-state index contributed by atoms with van der Waals surface area (Å²) in [5, 5.41) is 13.4. The van der Waals surface area contributed by atoms with Crippen LogP contribution in [0.1, 0.15) is 18.4 Å². The number of aromatic nitrogens is 2. The van der Waals surface area contributed by atoms with Gasteiger partial charge in [-0.15, -0.1) is 0 Å². The summed E-state index contributed by atoms with van der Waals surface area (Å²) in [6.45, 7) is 0. The predicted molar refractivity (Wildman–Crippen MR) is 67.2 cm³/mol. The highest BCUT2D eigenvalue weighted by Crippen LogP contribution is 2.48. The summed E-state index contributed by atoms with van der Waals surface area (Å²) in [6, 6.07) is 7.78. The molecule has 0 amide bonds. The van der Waals surface area contributed by atoms with Gasteiger partial charge in [-0.3, -0.25) is 9.48 Å². The molecule has 2 aromatic rings. The van der Waals surface area contributed by atoms with Crippen molar-refractivity contribution in [1.29, 1.82) is 0 Å². The second-order valence-electron chi connectivity index (χ2n) is 4.87. The molecule has 0 saturated heterocycles. The summed E-state index contributed by atoms with van der Waals surface area (Å²) in [7, 11) is 1.88. The van der Waals surface area contributed by atoms with Crippen LogP contribution in [0.15, 0.2) is 36.7 Å². The molecular formula is C14H14N2O2. The van der Waals surface area contributed by atoms with Crippen LogP contribution < -0.4 is 0 Å². The van der Waals surface area contributed by atoms with Crippen molar-refractivity contribution < 1.29 is 9.90 Å². The van der Waals surface area contributed by atoms with Crippen LogP contribution in [0.4, 0.5) is 0 Å². The number of carboxylic acids is 1. The minimum atomic E-state index is -0.711. The third kappa shape index (κ3) is 1.61. The number of aliphatic carboxylic acids is 1. The average molecular weight is 242 g/mol. The molecule has 18 heavy (non-hydrogen) atoms. The van der Waals surface area contributed by atoms with E-state index in [1.54, 1.807) is 10.9 Å². The van der Waals surface area contributed by atoms with Gasteiger partial charge in [0.2, 0.25) is 0 Å². The van der Waals surface area contributed by atoms with E-state index in [1.165, 1.54) is 0 Å². The topological polar surface area (TPSA) is 55.1 Å². The van der Waals surface area contributed by atoms with Crippen LogP contribution >= 0.6 is 0 Å². The van der Waals surface area contributed by atoms with Gasteiger partial charge in [0.05, 0.1) is 11.6 Å². The largest absolute Gasteiger partial charge is 0.481 e. The number of rotatable bonds is 3. The number of benzene rings is 1. The van der Waals surface area contributed by atoms with E-state index in [1.807, 2.05) is 37.5 Å². The molecule has 1 N–H and O–H groups in total. The molecule has 1 aliphatic carbocycles. The molecule has 0 radical (unpaired) electrons. The number of nitrogens with zero attached hydrogens (tertiary/aromatic N) is 2. The van der Waals surface area contributed by atoms with Crippen LogP contribution in [-0.2, 0) is 17.3 Å². The average Bonchev–Trinajstić information content (AvgIpc) is 3.07. The van der Waals surface area contributed by atoms with Gasteiger partial charge < -0.3 is 5.11 Å². The third-order valence-corrected chi connectivity index (χ3v) is 3.64. The predicted octanol–water partition coefficient (Wildman–Crippen LogP) is 2.20. The van der Waals surface area contributed by atoms with Gasteiger partial charge in [0.15, 0.2) is 0 Å². The fourth-order valence-electron chi connectivity index (χ4n) is 2.30. The van der Waals surface area contributed by atoms with Gasteiger partial charge in [-0.1, -0.05) is 24.3 Å². The molecule has 1 aromatic carbocycles. The highest BCUT2D eigenvalue weighted by Gasteiger charge is 2.51. The Bertz CT molecular complexity index is 595. The molecule has 0 unspecified atom stereocenters. The molecule has 4 nitrogen and oxygen atoms in total. The van der Waals surface area contributed by atoms with Crippen LogP contribution in [0, 0.1) is 0 Å². The van der Waals surface area contributed by atoms with Crippen LogP contribution in [0.2, 0.25) is 0 Å². The summed E-state index contributed by atoms with van der Waals surface area (Å²) in [5.41, 5.74) is 2.40. The summed E-state index contributed by atoms with van der Waals surface area (Å²) >= 11 is 0. The fraction of sp³-hybridized carbons (Fsp3) is 0.286. The number of hydrogen-bond donors (Lipinski definition) is 1. The molecule has 1 aliphatic rings. The molecule has 0 spiro atoms. The number of carbonyl (C=O) groups is 1. The van der Waals surface area contributed by atoms with E-state index in [0.29, 0.717) is 0 Å². The zero-order valence-corrected chi connectivity index (χ0v) is 10.1. The highest BCUT2D eigenvalue weighted by atomic mass is 16.4. The Labute approximate surface area is 105 Å². The molecule has 1 heterocycles.